The Bertz CT molecular complexity index is 780. The minimum atomic E-state index is 0.500. The summed E-state index contributed by atoms with van der Waals surface area (Å²) in [4.78, 5) is 2.63. The first-order chi connectivity index (χ1) is 13.3. The number of hydrogen-bond acceptors (Lipinski definition) is 1. The van der Waals surface area contributed by atoms with Crippen molar-refractivity contribution < 1.29 is 0 Å². The predicted molar refractivity (Wildman–Crippen MR) is 117 cm³/mol. The van der Waals surface area contributed by atoms with Crippen LogP contribution < -0.4 is 0 Å². The smallest absolute Gasteiger partial charge is 0.0102 e. The van der Waals surface area contributed by atoms with Gasteiger partial charge in [-0.2, -0.15) is 0 Å². The number of nitrogens with zero attached hydrogens (tertiary/aromatic N) is 1. The maximum atomic E-state index is 2.63. The van der Waals surface area contributed by atoms with Gasteiger partial charge in [-0.15, -0.1) is 0 Å². The molecule has 0 aromatic heterocycles. The average Bonchev–Trinajstić information content (AvgIpc) is 2.83. The SMILES string of the molecule is CCN(CCCC1c2ccccc2C=Cc2ccccc21)CCC1=CCC1. The summed E-state index contributed by atoms with van der Waals surface area (Å²) in [5.74, 6) is 0.500. The minimum Gasteiger partial charge on any atom is -0.303 e. The van der Waals surface area contributed by atoms with Crippen molar-refractivity contribution in [2.45, 2.75) is 44.9 Å². The molecular formula is C26H31N. The van der Waals surface area contributed by atoms with Crippen LogP contribution in [0.2, 0.25) is 0 Å². The first-order valence-corrected chi connectivity index (χ1v) is 10.6. The lowest BCUT2D eigenvalue weighted by molar-refractivity contribution is 0.281. The molecule has 0 radical (unpaired) electrons. The Hall–Kier alpha value is -2.12. The molecule has 140 valence electrons. The highest BCUT2D eigenvalue weighted by Crippen LogP contribution is 2.37. The van der Waals surface area contributed by atoms with Gasteiger partial charge in [0.2, 0.25) is 0 Å². The third-order valence-corrected chi connectivity index (χ3v) is 6.25. The summed E-state index contributed by atoms with van der Waals surface area (Å²) in [7, 11) is 0. The lowest BCUT2D eigenvalue weighted by Crippen LogP contribution is -2.26. The largest absolute Gasteiger partial charge is 0.303 e. The second kappa shape index (κ2) is 8.71. The normalized spacial score (nSPS) is 15.7. The Labute approximate surface area is 164 Å². The van der Waals surface area contributed by atoms with E-state index >= 15 is 0 Å². The summed E-state index contributed by atoms with van der Waals surface area (Å²) < 4.78 is 0. The van der Waals surface area contributed by atoms with Gasteiger partial charge in [0.05, 0.1) is 0 Å². The molecule has 2 aromatic carbocycles. The molecule has 1 nitrogen and oxygen atoms in total. The van der Waals surface area contributed by atoms with E-state index in [-0.39, 0.29) is 0 Å². The Morgan fingerprint density at radius 3 is 2.07 bits per heavy atom. The Kier molecular flexibility index (Phi) is 5.89. The first kappa shape index (κ1) is 18.3. The fourth-order valence-electron chi connectivity index (χ4n) is 4.44. The Balaban J connectivity index is 1.45. The molecule has 0 bridgehead atoms. The summed E-state index contributed by atoms with van der Waals surface area (Å²) in [5, 5.41) is 0. The third kappa shape index (κ3) is 4.25. The van der Waals surface area contributed by atoms with Crippen LogP contribution in [0.25, 0.3) is 12.2 Å². The van der Waals surface area contributed by atoms with E-state index in [2.05, 4.69) is 78.6 Å². The van der Waals surface area contributed by atoms with Crippen LogP contribution in [-0.2, 0) is 0 Å². The standard InChI is InChI=1S/C26H31N/c1-2-27(20-18-21-9-7-10-21)19-8-15-26-24-13-5-3-11-22(24)16-17-23-12-4-6-14-25(23)26/h3-6,9,11-14,16-17,26H,2,7-8,10,15,18-20H2,1H3. The lowest BCUT2D eigenvalue weighted by atomic mass is 9.84. The van der Waals surface area contributed by atoms with E-state index in [0.717, 1.165) is 6.54 Å². The van der Waals surface area contributed by atoms with Crippen LogP contribution in [0.1, 0.15) is 67.2 Å². The zero-order valence-electron chi connectivity index (χ0n) is 16.5. The number of benzene rings is 2. The zero-order chi connectivity index (χ0) is 18.5. The van der Waals surface area contributed by atoms with Gasteiger partial charge in [0.25, 0.3) is 0 Å². The molecule has 2 aliphatic rings. The molecule has 0 atom stereocenters. The van der Waals surface area contributed by atoms with Crippen LogP contribution in [-0.4, -0.2) is 24.5 Å². The second-order valence-electron chi connectivity index (χ2n) is 7.87. The topological polar surface area (TPSA) is 3.24 Å². The molecule has 27 heavy (non-hydrogen) atoms. The maximum Gasteiger partial charge on any atom is 0.0102 e. The van der Waals surface area contributed by atoms with Gasteiger partial charge >= 0.3 is 0 Å². The van der Waals surface area contributed by atoms with Crippen molar-refractivity contribution in [2.75, 3.05) is 19.6 Å². The maximum absolute atomic E-state index is 2.63. The molecule has 2 aliphatic carbocycles. The van der Waals surface area contributed by atoms with E-state index in [1.807, 2.05) is 0 Å². The van der Waals surface area contributed by atoms with Gasteiger partial charge < -0.3 is 4.90 Å². The summed E-state index contributed by atoms with van der Waals surface area (Å²) in [6, 6.07) is 17.9. The van der Waals surface area contributed by atoms with Crippen molar-refractivity contribution in [3.8, 4) is 0 Å². The summed E-state index contributed by atoms with van der Waals surface area (Å²) in [5.41, 5.74) is 7.40. The summed E-state index contributed by atoms with van der Waals surface area (Å²) in [6.07, 6.45) is 13.4. The predicted octanol–water partition coefficient (Wildman–Crippen LogP) is 6.51. The van der Waals surface area contributed by atoms with Gasteiger partial charge in [0.1, 0.15) is 0 Å². The molecule has 0 N–H and O–H groups in total. The molecule has 2 aromatic rings. The molecular weight excluding hydrogens is 326 g/mol. The van der Waals surface area contributed by atoms with E-state index < -0.39 is 0 Å². The van der Waals surface area contributed by atoms with Gasteiger partial charge in [-0.1, -0.05) is 79.3 Å². The fourth-order valence-corrected chi connectivity index (χ4v) is 4.44. The molecule has 0 heterocycles. The van der Waals surface area contributed by atoms with Crippen molar-refractivity contribution in [1.82, 2.24) is 4.90 Å². The van der Waals surface area contributed by atoms with E-state index in [1.165, 1.54) is 67.4 Å². The van der Waals surface area contributed by atoms with Crippen molar-refractivity contribution in [3.63, 3.8) is 0 Å². The molecule has 0 amide bonds. The van der Waals surface area contributed by atoms with Crippen LogP contribution in [0.3, 0.4) is 0 Å². The molecule has 0 saturated carbocycles. The Morgan fingerprint density at radius 1 is 0.889 bits per heavy atom. The van der Waals surface area contributed by atoms with Crippen LogP contribution in [0.5, 0.6) is 0 Å². The average molecular weight is 358 g/mol. The van der Waals surface area contributed by atoms with E-state index in [0.29, 0.717) is 5.92 Å². The second-order valence-corrected chi connectivity index (χ2v) is 7.87. The quantitative estimate of drug-likeness (QED) is 0.486. The highest BCUT2D eigenvalue weighted by molar-refractivity contribution is 5.76. The van der Waals surface area contributed by atoms with Gasteiger partial charge in [-0.3, -0.25) is 0 Å². The molecule has 0 fully saturated rings. The molecule has 0 saturated heterocycles. The third-order valence-electron chi connectivity index (χ3n) is 6.25. The molecule has 0 aliphatic heterocycles. The number of rotatable bonds is 8. The van der Waals surface area contributed by atoms with Crippen molar-refractivity contribution in [2.24, 2.45) is 0 Å². The van der Waals surface area contributed by atoms with Gasteiger partial charge in [-0.25, -0.2) is 0 Å². The monoisotopic (exact) mass is 357 g/mol. The van der Waals surface area contributed by atoms with Crippen LogP contribution >= 0.6 is 0 Å². The molecule has 4 rings (SSSR count). The minimum absolute atomic E-state index is 0.500. The number of hydrogen-bond donors (Lipinski definition) is 0. The van der Waals surface area contributed by atoms with E-state index in [9.17, 15) is 0 Å². The van der Waals surface area contributed by atoms with Crippen LogP contribution in [0.15, 0.2) is 60.2 Å². The number of fused-ring (bicyclic) bond motifs is 2. The highest BCUT2D eigenvalue weighted by Gasteiger charge is 2.21. The highest BCUT2D eigenvalue weighted by atomic mass is 15.1. The molecule has 0 unspecified atom stereocenters. The summed E-state index contributed by atoms with van der Waals surface area (Å²) in [6.45, 7) is 5.89. The zero-order valence-corrected chi connectivity index (χ0v) is 16.5. The number of allylic oxidation sites excluding steroid dienone is 1. The lowest BCUT2D eigenvalue weighted by Gasteiger charge is -2.25. The first-order valence-electron chi connectivity index (χ1n) is 10.6. The van der Waals surface area contributed by atoms with Gasteiger partial charge in [-0.05, 0) is 67.4 Å². The van der Waals surface area contributed by atoms with E-state index in [1.54, 1.807) is 5.57 Å². The van der Waals surface area contributed by atoms with Gasteiger partial charge in [0, 0.05) is 12.5 Å². The van der Waals surface area contributed by atoms with Crippen molar-refractivity contribution in [3.05, 3.63) is 82.4 Å². The molecule has 1 heteroatoms. The fraction of sp³-hybridized carbons (Fsp3) is 0.385. The van der Waals surface area contributed by atoms with Gasteiger partial charge in [0.15, 0.2) is 0 Å². The van der Waals surface area contributed by atoms with Crippen molar-refractivity contribution >= 4 is 12.2 Å². The molecule has 0 spiro atoms. The van der Waals surface area contributed by atoms with E-state index in [4.69, 9.17) is 0 Å². The van der Waals surface area contributed by atoms with Crippen LogP contribution in [0.4, 0.5) is 0 Å². The van der Waals surface area contributed by atoms with Crippen LogP contribution in [0, 0.1) is 0 Å². The summed E-state index contributed by atoms with van der Waals surface area (Å²) >= 11 is 0. The Morgan fingerprint density at radius 2 is 1.52 bits per heavy atom. The van der Waals surface area contributed by atoms with Crippen molar-refractivity contribution in [1.29, 1.82) is 0 Å².